The Morgan fingerprint density at radius 2 is 1.80 bits per heavy atom. The van der Waals surface area contributed by atoms with Gasteiger partial charge in [0.2, 0.25) is 10.0 Å². The zero-order chi connectivity index (χ0) is 15.0. The molecule has 0 aromatic heterocycles. The van der Waals surface area contributed by atoms with E-state index in [2.05, 4.69) is 30.8 Å². The lowest BCUT2D eigenvalue weighted by atomic mass is 9.84. The second-order valence-electron chi connectivity index (χ2n) is 6.41. The van der Waals surface area contributed by atoms with Crippen molar-refractivity contribution >= 4 is 10.0 Å². The Hall–Kier alpha value is -0.130. The highest BCUT2D eigenvalue weighted by molar-refractivity contribution is 7.89. The minimum Gasteiger partial charge on any atom is -0.314 e. The van der Waals surface area contributed by atoms with Crippen LogP contribution < -0.4 is 10.0 Å². The van der Waals surface area contributed by atoms with Crippen LogP contribution in [0.1, 0.15) is 65.7 Å². The molecule has 120 valence electrons. The first-order valence-corrected chi connectivity index (χ1v) is 9.81. The maximum atomic E-state index is 12.0. The molecule has 0 bridgehead atoms. The summed E-state index contributed by atoms with van der Waals surface area (Å²) in [5, 5.41) is 3.25. The fourth-order valence-corrected chi connectivity index (χ4v) is 4.33. The molecule has 0 unspecified atom stereocenters. The van der Waals surface area contributed by atoms with Crippen LogP contribution in [-0.4, -0.2) is 32.8 Å². The van der Waals surface area contributed by atoms with Gasteiger partial charge in [-0.2, -0.15) is 0 Å². The second-order valence-corrected chi connectivity index (χ2v) is 8.28. The van der Waals surface area contributed by atoms with Gasteiger partial charge in [0.05, 0.1) is 5.75 Å². The normalized spacial score (nSPS) is 24.2. The number of nitrogens with one attached hydrogen (secondary N) is 2. The minimum atomic E-state index is -3.10. The molecule has 20 heavy (non-hydrogen) atoms. The van der Waals surface area contributed by atoms with E-state index in [1.807, 2.05) is 0 Å². The highest BCUT2D eigenvalue weighted by atomic mass is 32.2. The predicted octanol–water partition coefficient (Wildman–Crippen LogP) is 2.65. The van der Waals surface area contributed by atoms with Crippen molar-refractivity contribution in [1.82, 2.24) is 10.0 Å². The quantitative estimate of drug-likeness (QED) is 0.644. The molecule has 4 nitrogen and oxygen atoms in total. The third-order valence-electron chi connectivity index (χ3n) is 4.03. The maximum absolute atomic E-state index is 12.0. The van der Waals surface area contributed by atoms with Crippen LogP contribution in [0.3, 0.4) is 0 Å². The Morgan fingerprint density at radius 1 is 1.15 bits per heavy atom. The first kappa shape index (κ1) is 17.9. The number of rotatable bonds is 9. The van der Waals surface area contributed by atoms with Gasteiger partial charge in [0.25, 0.3) is 0 Å². The molecular formula is C15H32N2O2S. The molecule has 0 saturated heterocycles. The Balaban J connectivity index is 2.22. The zero-order valence-electron chi connectivity index (χ0n) is 13.3. The average molecular weight is 305 g/mol. The van der Waals surface area contributed by atoms with E-state index in [1.165, 1.54) is 25.7 Å². The minimum absolute atomic E-state index is 0.172. The van der Waals surface area contributed by atoms with Crippen molar-refractivity contribution < 1.29 is 8.42 Å². The first-order valence-electron chi connectivity index (χ1n) is 8.16. The molecule has 1 rings (SSSR count). The Labute approximate surface area is 125 Å². The lowest BCUT2D eigenvalue weighted by Gasteiger charge is -2.28. The highest BCUT2D eigenvalue weighted by Crippen LogP contribution is 2.27. The SMILES string of the molecule is CCCC1CCC(NS(=O)(=O)CCCNC(C)C)CC1. The van der Waals surface area contributed by atoms with E-state index in [4.69, 9.17) is 0 Å². The van der Waals surface area contributed by atoms with Crippen molar-refractivity contribution in [3.8, 4) is 0 Å². The fraction of sp³-hybridized carbons (Fsp3) is 1.00. The third-order valence-corrected chi connectivity index (χ3v) is 5.55. The molecule has 0 spiro atoms. The largest absolute Gasteiger partial charge is 0.314 e. The van der Waals surface area contributed by atoms with Gasteiger partial charge in [0.15, 0.2) is 0 Å². The fourth-order valence-electron chi connectivity index (χ4n) is 2.94. The van der Waals surface area contributed by atoms with Crippen molar-refractivity contribution in [2.45, 2.75) is 77.8 Å². The summed E-state index contributed by atoms with van der Waals surface area (Å²) in [4.78, 5) is 0. The lowest BCUT2D eigenvalue weighted by molar-refractivity contribution is 0.297. The van der Waals surface area contributed by atoms with E-state index in [0.717, 1.165) is 25.3 Å². The summed E-state index contributed by atoms with van der Waals surface area (Å²) in [7, 11) is -3.10. The molecule has 0 atom stereocenters. The van der Waals surface area contributed by atoms with Crippen LogP contribution in [0.15, 0.2) is 0 Å². The molecule has 1 aliphatic rings. The van der Waals surface area contributed by atoms with Gasteiger partial charge in [-0.05, 0) is 44.6 Å². The summed E-state index contributed by atoms with van der Waals surface area (Å²) >= 11 is 0. The first-order chi connectivity index (χ1) is 9.43. The summed E-state index contributed by atoms with van der Waals surface area (Å²) in [6.45, 7) is 7.13. The number of hydrogen-bond donors (Lipinski definition) is 2. The van der Waals surface area contributed by atoms with E-state index < -0.39 is 10.0 Å². The monoisotopic (exact) mass is 304 g/mol. The van der Waals surface area contributed by atoms with E-state index in [9.17, 15) is 8.42 Å². The van der Waals surface area contributed by atoms with Crippen LogP contribution in [-0.2, 0) is 10.0 Å². The van der Waals surface area contributed by atoms with Gasteiger partial charge in [-0.25, -0.2) is 13.1 Å². The summed E-state index contributed by atoms with van der Waals surface area (Å²) < 4.78 is 26.9. The van der Waals surface area contributed by atoms with Crippen molar-refractivity contribution in [1.29, 1.82) is 0 Å². The maximum Gasteiger partial charge on any atom is 0.211 e. The van der Waals surface area contributed by atoms with Gasteiger partial charge in [-0.1, -0.05) is 33.6 Å². The molecule has 0 amide bonds. The molecule has 0 heterocycles. The summed E-state index contributed by atoms with van der Waals surface area (Å²) in [6, 6.07) is 0.589. The van der Waals surface area contributed by atoms with Gasteiger partial charge in [0, 0.05) is 12.1 Å². The standard InChI is InChI=1S/C15H32N2O2S/c1-4-6-14-7-9-15(10-8-14)17-20(18,19)12-5-11-16-13(2)3/h13-17H,4-12H2,1-3H3. The predicted molar refractivity (Wildman–Crippen MR) is 85.3 cm³/mol. The second kappa shape index (κ2) is 9.00. The topological polar surface area (TPSA) is 58.2 Å². The molecule has 1 fully saturated rings. The molecule has 0 radical (unpaired) electrons. The Morgan fingerprint density at radius 3 is 2.35 bits per heavy atom. The zero-order valence-corrected chi connectivity index (χ0v) is 14.1. The van der Waals surface area contributed by atoms with Gasteiger partial charge in [-0.3, -0.25) is 0 Å². The molecule has 2 N–H and O–H groups in total. The van der Waals surface area contributed by atoms with Crippen LogP contribution >= 0.6 is 0 Å². The van der Waals surface area contributed by atoms with E-state index in [0.29, 0.717) is 12.5 Å². The van der Waals surface area contributed by atoms with Gasteiger partial charge in [0.1, 0.15) is 0 Å². The van der Waals surface area contributed by atoms with E-state index in [1.54, 1.807) is 0 Å². The van der Waals surface area contributed by atoms with Crippen molar-refractivity contribution in [2.24, 2.45) is 5.92 Å². The van der Waals surface area contributed by atoms with Crippen LogP contribution in [0.4, 0.5) is 0 Å². The van der Waals surface area contributed by atoms with Gasteiger partial charge < -0.3 is 5.32 Å². The third kappa shape index (κ3) is 7.60. The van der Waals surface area contributed by atoms with E-state index in [-0.39, 0.29) is 11.8 Å². The smallest absolute Gasteiger partial charge is 0.211 e. The number of sulfonamides is 1. The summed E-state index contributed by atoms with van der Waals surface area (Å²) in [5.74, 6) is 1.05. The Kier molecular flexibility index (Phi) is 8.07. The van der Waals surface area contributed by atoms with E-state index >= 15 is 0 Å². The van der Waals surface area contributed by atoms with Crippen molar-refractivity contribution in [2.75, 3.05) is 12.3 Å². The number of hydrogen-bond acceptors (Lipinski definition) is 3. The molecular weight excluding hydrogens is 272 g/mol. The van der Waals surface area contributed by atoms with Crippen LogP contribution in [0, 0.1) is 5.92 Å². The molecule has 1 aliphatic carbocycles. The lowest BCUT2D eigenvalue weighted by Crippen LogP contribution is -2.39. The average Bonchev–Trinajstić information content (AvgIpc) is 2.37. The summed E-state index contributed by atoms with van der Waals surface area (Å²) in [5.41, 5.74) is 0. The van der Waals surface area contributed by atoms with Crippen LogP contribution in [0.2, 0.25) is 0 Å². The molecule has 1 saturated carbocycles. The highest BCUT2D eigenvalue weighted by Gasteiger charge is 2.24. The van der Waals surface area contributed by atoms with Crippen molar-refractivity contribution in [3.05, 3.63) is 0 Å². The molecule has 0 aromatic carbocycles. The van der Waals surface area contributed by atoms with Gasteiger partial charge in [-0.15, -0.1) is 0 Å². The van der Waals surface area contributed by atoms with Crippen LogP contribution in [0.5, 0.6) is 0 Å². The molecule has 0 aromatic rings. The molecule has 5 heteroatoms. The van der Waals surface area contributed by atoms with Crippen LogP contribution in [0.25, 0.3) is 0 Å². The van der Waals surface area contributed by atoms with Crippen molar-refractivity contribution in [3.63, 3.8) is 0 Å². The van der Waals surface area contributed by atoms with Gasteiger partial charge >= 0.3 is 0 Å². The Bertz CT molecular complexity index is 347. The molecule has 0 aliphatic heterocycles. The summed E-state index contributed by atoms with van der Waals surface area (Å²) in [6.07, 6.45) is 7.58.